The zero-order valence-corrected chi connectivity index (χ0v) is 9.62. The summed E-state index contributed by atoms with van der Waals surface area (Å²) in [6.07, 6.45) is 3.18. The number of hydrogen-bond acceptors (Lipinski definition) is 2. The average Bonchev–Trinajstić information content (AvgIpc) is 3.12. The molecule has 86 valence electrons. The Balaban J connectivity index is 1.85. The minimum Gasteiger partial charge on any atom is -0.385 e. The standard InChI is InChI=1S/C13H18N2O/c1-14-13(16)8-10-4-6-12(7-5-10)15-9-11-2-3-11/h4-7,11,15H,2-3,8-9H2,1H3,(H,14,16). The molecule has 0 radical (unpaired) electrons. The predicted molar refractivity (Wildman–Crippen MR) is 65.4 cm³/mol. The number of benzene rings is 1. The van der Waals surface area contributed by atoms with Crippen LogP contribution in [0.25, 0.3) is 0 Å². The smallest absolute Gasteiger partial charge is 0.224 e. The van der Waals surface area contributed by atoms with Crippen LogP contribution in [0.2, 0.25) is 0 Å². The molecule has 0 spiro atoms. The summed E-state index contributed by atoms with van der Waals surface area (Å²) in [6, 6.07) is 8.09. The van der Waals surface area contributed by atoms with E-state index in [1.807, 2.05) is 24.3 Å². The Morgan fingerprint density at radius 3 is 2.56 bits per heavy atom. The zero-order valence-electron chi connectivity index (χ0n) is 9.62. The molecule has 0 bridgehead atoms. The Morgan fingerprint density at radius 1 is 1.31 bits per heavy atom. The molecule has 3 heteroatoms. The fourth-order valence-corrected chi connectivity index (χ4v) is 1.60. The van der Waals surface area contributed by atoms with E-state index in [-0.39, 0.29) is 5.91 Å². The summed E-state index contributed by atoms with van der Waals surface area (Å²) in [5.41, 5.74) is 2.20. The fraction of sp³-hybridized carbons (Fsp3) is 0.462. The van der Waals surface area contributed by atoms with Crippen molar-refractivity contribution in [2.45, 2.75) is 19.3 Å². The van der Waals surface area contributed by atoms with Crippen LogP contribution < -0.4 is 10.6 Å². The highest BCUT2D eigenvalue weighted by atomic mass is 16.1. The van der Waals surface area contributed by atoms with Crippen molar-refractivity contribution >= 4 is 11.6 Å². The topological polar surface area (TPSA) is 41.1 Å². The van der Waals surface area contributed by atoms with Crippen molar-refractivity contribution < 1.29 is 4.79 Å². The molecule has 16 heavy (non-hydrogen) atoms. The molecule has 1 saturated carbocycles. The van der Waals surface area contributed by atoms with Crippen molar-refractivity contribution in [2.75, 3.05) is 18.9 Å². The first kappa shape index (κ1) is 11.0. The van der Waals surface area contributed by atoms with Crippen LogP contribution in [0.3, 0.4) is 0 Å². The first-order valence-electron chi connectivity index (χ1n) is 5.81. The maximum absolute atomic E-state index is 11.2. The van der Waals surface area contributed by atoms with Gasteiger partial charge in [0.05, 0.1) is 6.42 Å². The molecule has 1 aliphatic rings. The number of hydrogen-bond donors (Lipinski definition) is 2. The second kappa shape index (κ2) is 5.01. The summed E-state index contributed by atoms with van der Waals surface area (Å²) in [7, 11) is 1.66. The van der Waals surface area contributed by atoms with Crippen molar-refractivity contribution in [3.05, 3.63) is 29.8 Å². The van der Waals surface area contributed by atoms with Gasteiger partial charge in [-0.3, -0.25) is 4.79 Å². The monoisotopic (exact) mass is 218 g/mol. The molecule has 0 saturated heterocycles. The van der Waals surface area contributed by atoms with Crippen LogP contribution >= 0.6 is 0 Å². The van der Waals surface area contributed by atoms with Crippen molar-refractivity contribution in [1.82, 2.24) is 5.32 Å². The maximum Gasteiger partial charge on any atom is 0.224 e. The molecule has 1 aliphatic carbocycles. The molecule has 3 nitrogen and oxygen atoms in total. The lowest BCUT2D eigenvalue weighted by molar-refractivity contribution is -0.119. The summed E-state index contributed by atoms with van der Waals surface area (Å²) >= 11 is 0. The van der Waals surface area contributed by atoms with Gasteiger partial charge in [0, 0.05) is 19.3 Å². The van der Waals surface area contributed by atoms with Crippen molar-refractivity contribution in [3.8, 4) is 0 Å². The third-order valence-corrected chi connectivity index (χ3v) is 2.89. The zero-order chi connectivity index (χ0) is 11.4. The highest BCUT2D eigenvalue weighted by Crippen LogP contribution is 2.28. The second-order valence-corrected chi connectivity index (χ2v) is 4.37. The normalized spacial score (nSPS) is 14.6. The number of amides is 1. The fourth-order valence-electron chi connectivity index (χ4n) is 1.60. The molecule has 1 aromatic rings. The molecular formula is C13H18N2O. The number of carbonyl (C=O) groups is 1. The van der Waals surface area contributed by atoms with Gasteiger partial charge in [0.25, 0.3) is 0 Å². The minimum atomic E-state index is 0.0543. The number of rotatable bonds is 5. The van der Waals surface area contributed by atoms with Crippen LogP contribution in [-0.2, 0) is 11.2 Å². The number of anilines is 1. The van der Waals surface area contributed by atoms with E-state index >= 15 is 0 Å². The Hall–Kier alpha value is -1.51. The van der Waals surface area contributed by atoms with E-state index in [1.54, 1.807) is 7.05 Å². The first-order chi connectivity index (χ1) is 7.78. The molecule has 0 atom stereocenters. The molecule has 0 aromatic heterocycles. The van der Waals surface area contributed by atoms with Gasteiger partial charge in [-0.05, 0) is 36.5 Å². The molecular weight excluding hydrogens is 200 g/mol. The van der Waals surface area contributed by atoms with Crippen LogP contribution in [0.1, 0.15) is 18.4 Å². The summed E-state index contributed by atoms with van der Waals surface area (Å²) in [5.74, 6) is 0.934. The van der Waals surface area contributed by atoms with Gasteiger partial charge >= 0.3 is 0 Å². The van der Waals surface area contributed by atoms with Gasteiger partial charge in [0.1, 0.15) is 0 Å². The highest BCUT2D eigenvalue weighted by Gasteiger charge is 2.20. The van der Waals surface area contributed by atoms with Crippen molar-refractivity contribution in [3.63, 3.8) is 0 Å². The number of carbonyl (C=O) groups excluding carboxylic acids is 1. The van der Waals surface area contributed by atoms with Gasteiger partial charge < -0.3 is 10.6 Å². The van der Waals surface area contributed by atoms with E-state index in [9.17, 15) is 4.79 Å². The van der Waals surface area contributed by atoms with Gasteiger partial charge in [0.2, 0.25) is 5.91 Å². The van der Waals surface area contributed by atoms with Crippen LogP contribution in [0.4, 0.5) is 5.69 Å². The van der Waals surface area contributed by atoms with E-state index < -0.39 is 0 Å². The first-order valence-corrected chi connectivity index (χ1v) is 5.81. The maximum atomic E-state index is 11.2. The van der Waals surface area contributed by atoms with Gasteiger partial charge in [-0.1, -0.05) is 12.1 Å². The Labute approximate surface area is 96.2 Å². The van der Waals surface area contributed by atoms with Gasteiger partial charge in [-0.2, -0.15) is 0 Å². The SMILES string of the molecule is CNC(=O)Cc1ccc(NCC2CC2)cc1. The largest absolute Gasteiger partial charge is 0.385 e. The molecule has 1 amide bonds. The molecule has 2 N–H and O–H groups in total. The average molecular weight is 218 g/mol. The highest BCUT2D eigenvalue weighted by molar-refractivity contribution is 5.78. The lowest BCUT2D eigenvalue weighted by Gasteiger charge is -2.06. The molecule has 0 aliphatic heterocycles. The van der Waals surface area contributed by atoms with Gasteiger partial charge in [-0.15, -0.1) is 0 Å². The van der Waals surface area contributed by atoms with Gasteiger partial charge in [-0.25, -0.2) is 0 Å². The summed E-state index contributed by atoms with van der Waals surface area (Å²) < 4.78 is 0. The molecule has 1 aromatic carbocycles. The summed E-state index contributed by atoms with van der Waals surface area (Å²) in [6.45, 7) is 1.08. The Bertz CT molecular complexity index is 355. The number of likely N-dealkylation sites (N-methyl/N-ethyl adjacent to an activating group) is 1. The van der Waals surface area contributed by atoms with E-state index in [0.29, 0.717) is 6.42 Å². The lowest BCUT2D eigenvalue weighted by Crippen LogP contribution is -2.19. The van der Waals surface area contributed by atoms with E-state index in [0.717, 1.165) is 23.7 Å². The van der Waals surface area contributed by atoms with E-state index in [2.05, 4.69) is 10.6 Å². The van der Waals surface area contributed by atoms with Crippen LogP contribution in [0.15, 0.2) is 24.3 Å². The van der Waals surface area contributed by atoms with E-state index in [1.165, 1.54) is 12.8 Å². The van der Waals surface area contributed by atoms with Crippen molar-refractivity contribution in [1.29, 1.82) is 0 Å². The third kappa shape index (κ3) is 3.26. The Kier molecular flexibility index (Phi) is 3.44. The van der Waals surface area contributed by atoms with E-state index in [4.69, 9.17) is 0 Å². The molecule has 0 unspecified atom stereocenters. The quantitative estimate of drug-likeness (QED) is 0.791. The third-order valence-electron chi connectivity index (χ3n) is 2.89. The molecule has 0 heterocycles. The Morgan fingerprint density at radius 2 is 2.00 bits per heavy atom. The van der Waals surface area contributed by atoms with Crippen LogP contribution in [-0.4, -0.2) is 19.5 Å². The molecule has 1 fully saturated rings. The summed E-state index contributed by atoms with van der Waals surface area (Å²) in [4.78, 5) is 11.2. The summed E-state index contributed by atoms with van der Waals surface area (Å²) in [5, 5.41) is 6.02. The van der Waals surface area contributed by atoms with Crippen LogP contribution in [0, 0.1) is 5.92 Å². The van der Waals surface area contributed by atoms with Crippen molar-refractivity contribution in [2.24, 2.45) is 5.92 Å². The minimum absolute atomic E-state index is 0.0543. The van der Waals surface area contributed by atoms with Crippen LogP contribution in [0.5, 0.6) is 0 Å². The predicted octanol–water partition coefficient (Wildman–Crippen LogP) is 1.80. The van der Waals surface area contributed by atoms with Gasteiger partial charge in [0.15, 0.2) is 0 Å². The number of nitrogens with one attached hydrogen (secondary N) is 2. The lowest BCUT2D eigenvalue weighted by atomic mass is 10.1. The second-order valence-electron chi connectivity index (χ2n) is 4.37. The molecule has 2 rings (SSSR count).